The van der Waals surface area contributed by atoms with Crippen LogP contribution in [0.2, 0.25) is 0 Å². The highest BCUT2D eigenvalue weighted by molar-refractivity contribution is 8.00. The number of aliphatic hydroxyl groups is 2. The highest BCUT2D eigenvalue weighted by atomic mass is 32.2. The molecule has 4 aromatic rings. The van der Waals surface area contributed by atoms with Crippen molar-refractivity contribution in [3.8, 4) is 5.69 Å². The molecule has 4 aliphatic rings. The minimum atomic E-state index is -1.44. The van der Waals surface area contributed by atoms with Crippen LogP contribution in [0.4, 0.5) is 4.39 Å². The largest absolute Gasteiger partial charge is 0.393 e. The van der Waals surface area contributed by atoms with Crippen LogP contribution in [0.1, 0.15) is 57.2 Å². The molecule has 6 unspecified atom stereocenters. The van der Waals surface area contributed by atoms with Crippen molar-refractivity contribution in [1.29, 1.82) is 0 Å². The molecule has 0 aliphatic heterocycles. The molecule has 7 heteroatoms. The van der Waals surface area contributed by atoms with Gasteiger partial charge in [-0.3, -0.25) is 4.79 Å². The number of allylic oxidation sites excluding steroid dienone is 1. The summed E-state index contributed by atoms with van der Waals surface area (Å²) in [6, 6.07) is 20.8. The molecule has 3 aromatic carbocycles. The fourth-order valence-electron chi connectivity index (χ4n) is 9.96. The lowest BCUT2D eigenvalue weighted by molar-refractivity contribution is -0.177. The second kappa shape index (κ2) is 10.4. The van der Waals surface area contributed by atoms with E-state index in [0.29, 0.717) is 12.8 Å². The van der Waals surface area contributed by atoms with Crippen molar-refractivity contribution in [2.75, 3.05) is 5.75 Å². The first-order chi connectivity index (χ1) is 21.6. The standard InChI is InChI=1S/C38H39FN2O3S/c1-36-19-25-21-40-41(28-11-9-27(39)10-12-28)32(25)18-26(36)8-14-30-31-15-16-38(44,37(31,2)20-33(42)35(30)36)34(43)22-45-29-13-7-23-5-3-4-6-24(23)17-29/h3-7,9-13,17-18,21,30-31,33,35,42,44H,8,14-16,19-20,22H2,1-2H3/t30?,31?,33?,35?,36?,37?,38-/m0/s1. The van der Waals surface area contributed by atoms with Gasteiger partial charge in [-0.05, 0) is 121 Å². The van der Waals surface area contributed by atoms with Gasteiger partial charge in [0.25, 0.3) is 0 Å². The Bertz CT molecular complexity index is 1850. The molecule has 0 spiro atoms. The Morgan fingerprint density at radius 3 is 2.64 bits per heavy atom. The van der Waals surface area contributed by atoms with Crippen LogP contribution in [0.25, 0.3) is 22.5 Å². The Balaban J connectivity index is 1.04. The highest BCUT2D eigenvalue weighted by Gasteiger charge is 2.68. The molecule has 4 aliphatic carbocycles. The molecule has 0 bridgehead atoms. The molecule has 0 radical (unpaired) electrons. The van der Waals surface area contributed by atoms with Gasteiger partial charge in [-0.2, -0.15) is 5.10 Å². The molecule has 0 amide bonds. The summed E-state index contributed by atoms with van der Waals surface area (Å²) in [5.41, 5.74) is 1.99. The van der Waals surface area contributed by atoms with Crippen LogP contribution in [0, 0.1) is 34.4 Å². The SMILES string of the molecule is CC12Cc3cnn(-c4ccc(F)cc4)c3C=C1CCC1C2C(O)CC2(C)C1CC[C@]2(O)C(=O)CSc1ccc2ccccc2c1. The summed E-state index contributed by atoms with van der Waals surface area (Å²) >= 11 is 1.49. The Kier molecular flexibility index (Phi) is 6.73. The number of carbonyl (C=O) groups excluding carboxylic acids is 1. The first kappa shape index (κ1) is 29.2. The average molecular weight is 623 g/mol. The molecule has 1 heterocycles. The zero-order chi connectivity index (χ0) is 31.1. The molecular formula is C38H39FN2O3S. The normalized spacial score (nSPS) is 33.6. The van der Waals surface area contributed by atoms with Gasteiger partial charge < -0.3 is 10.2 Å². The van der Waals surface area contributed by atoms with Gasteiger partial charge in [0.1, 0.15) is 11.4 Å². The van der Waals surface area contributed by atoms with Gasteiger partial charge in [-0.1, -0.05) is 49.8 Å². The van der Waals surface area contributed by atoms with Crippen LogP contribution in [-0.4, -0.2) is 43.2 Å². The van der Waals surface area contributed by atoms with Crippen LogP contribution in [0.3, 0.4) is 0 Å². The summed E-state index contributed by atoms with van der Waals surface area (Å²) in [6.45, 7) is 4.37. The molecule has 2 N–H and O–H groups in total. The first-order valence-corrected chi connectivity index (χ1v) is 17.2. The number of hydrogen-bond donors (Lipinski definition) is 2. The predicted molar refractivity (Wildman–Crippen MR) is 176 cm³/mol. The van der Waals surface area contributed by atoms with E-state index in [1.165, 1.54) is 34.9 Å². The number of thioether (sulfide) groups is 1. The zero-order valence-corrected chi connectivity index (χ0v) is 26.6. The number of halogens is 1. The van der Waals surface area contributed by atoms with Gasteiger partial charge >= 0.3 is 0 Å². The van der Waals surface area contributed by atoms with Crippen LogP contribution < -0.4 is 0 Å². The van der Waals surface area contributed by atoms with Gasteiger partial charge in [0.05, 0.1) is 29.4 Å². The third kappa shape index (κ3) is 4.34. The number of carbonyl (C=O) groups is 1. The van der Waals surface area contributed by atoms with Crippen molar-refractivity contribution >= 4 is 34.4 Å². The number of fused-ring (bicyclic) bond motifs is 7. The molecule has 5 nitrogen and oxygen atoms in total. The predicted octanol–water partition coefficient (Wildman–Crippen LogP) is 7.41. The number of hydrogen-bond acceptors (Lipinski definition) is 5. The molecule has 45 heavy (non-hydrogen) atoms. The van der Waals surface area contributed by atoms with Crippen LogP contribution >= 0.6 is 11.8 Å². The molecule has 8 rings (SSSR count). The van der Waals surface area contributed by atoms with E-state index in [9.17, 15) is 19.4 Å². The second-order valence-electron chi connectivity index (χ2n) is 14.4. The average Bonchev–Trinajstić information content (AvgIpc) is 3.55. The minimum Gasteiger partial charge on any atom is -0.393 e. The molecule has 3 saturated carbocycles. The van der Waals surface area contributed by atoms with E-state index in [1.54, 1.807) is 12.1 Å². The van der Waals surface area contributed by atoms with Gasteiger partial charge in [0.2, 0.25) is 0 Å². The van der Waals surface area contributed by atoms with Crippen molar-refractivity contribution < 1.29 is 19.4 Å². The van der Waals surface area contributed by atoms with E-state index in [4.69, 9.17) is 0 Å². The number of benzene rings is 3. The van der Waals surface area contributed by atoms with Gasteiger partial charge in [-0.15, -0.1) is 11.8 Å². The Morgan fingerprint density at radius 1 is 1.07 bits per heavy atom. The number of aliphatic hydroxyl groups excluding tert-OH is 1. The summed E-state index contributed by atoms with van der Waals surface area (Å²) in [5.74, 6) is 0.271. The van der Waals surface area contributed by atoms with Crippen molar-refractivity contribution in [2.45, 2.75) is 69.0 Å². The Labute approximate surface area is 267 Å². The Hall–Kier alpha value is -3.26. The first-order valence-electron chi connectivity index (χ1n) is 16.2. The zero-order valence-electron chi connectivity index (χ0n) is 25.7. The maximum atomic E-state index is 13.9. The maximum Gasteiger partial charge on any atom is 0.175 e. The molecule has 1 aromatic heterocycles. The van der Waals surface area contributed by atoms with Crippen molar-refractivity contribution in [2.24, 2.45) is 28.6 Å². The number of ketones is 1. The summed E-state index contributed by atoms with van der Waals surface area (Å²) in [6.07, 6.45) is 7.85. The summed E-state index contributed by atoms with van der Waals surface area (Å²) in [5, 5.41) is 31.2. The van der Waals surface area contributed by atoms with Crippen LogP contribution in [0.15, 0.2) is 83.4 Å². The minimum absolute atomic E-state index is 0.0438. The third-order valence-corrected chi connectivity index (χ3v) is 13.2. The number of rotatable bonds is 5. The lowest BCUT2D eigenvalue weighted by Gasteiger charge is -2.60. The van der Waals surface area contributed by atoms with Gasteiger partial charge in [-0.25, -0.2) is 9.07 Å². The van der Waals surface area contributed by atoms with Gasteiger partial charge in [0, 0.05) is 10.3 Å². The molecule has 3 fully saturated rings. The van der Waals surface area contributed by atoms with E-state index < -0.39 is 17.1 Å². The molecule has 232 valence electrons. The highest BCUT2D eigenvalue weighted by Crippen LogP contribution is 2.67. The monoisotopic (exact) mass is 622 g/mol. The second-order valence-corrected chi connectivity index (χ2v) is 15.4. The number of aromatic nitrogens is 2. The maximum absolute atomic E-state index is 13.9. The summed E-state index contributed by atoms with van der Waals surface area (Å²) in [4.78, 5) is 14.9. The smallest absolute Gasteiger partial charge is 0.175 e. The van der Waals surface area contributed by atoms with E-state index in [-0.39, 0.29) is 40.5 Å². The van der Waals surface area contributed by atoms with Crippen molar-refractivity contribution in [1.82, 2.24) is 9.78 Å². The van der Waals surface area contributed by atoms with E-state index in [1.807, 2.05) is 29.1 Å². The van der Waals surface area contributed by atoms with E-state index >= 15 is 0 Å². The van der Waals surface area contributed by atoms with Crippen molar-refractivity contribution in [3.63, 3.8) is 0 Å². The lowest BCUT2D eigenvalue weighted by atomic mass is 9.45. The summed E-state index contributed by atoms with van der Waals surface area (Å²) < 4.78 is 15.5. The van der Waals surface area contributed by atoms with Gasteiger partial charge in [0.15, 0.2) is 5.78 Å². The fourth-order valence-corrected chi connectivity index (χ4v) is 10.9. The molecular weight excluding hydrogens is 583 g/mol. The number of Topliss-reactive ketones (excluding diaryl/α,β-unsaturated/α-hetero) is 1. The van der Waals surface area contributed by atoms with Crippen LogP contribution in [-0.2, 0) is 11.2 Å². The lowest BCUT2D eigenvalue weighted by Crippen LogP contribution is -2.62. The number of nitrogens with zero attached hydrogens (tertiary/aromatic N) is 2. The summed E-state index contributed by atoms with van der Waals surface area (Å²) in [7, 11) is 0. The molecule has 7 atom stereocenters. The van der Waals surface area contributed by atoms with E-state index in [2.05, 4.69) is 49.3 Å². The third-order valence-electron chi connectivity index (χ3n) is 12.2. The molecule has 0 saturated heterocycles. The van der Waals surface area contributed by atoms with E-state index in [0.717, 1.165) is 52.9 Å². The van der Waals surface area contributed by atoms with Crippen LogP contribution in [0.5, 0.6) is 0 Å². The quantitative estimate of drug-likeness (QED) is 0.227. The Morgan fingerprint density at radius 2 is 1.84 bits per heavy atom. The topological polar surface area (TPSA) is 75.3 Å². The fraction of sp³-hybridized carbons (Fsp3) is 0.421. The van der Waals surface area contributed by atoms with Crippen molar-refractivity contribution in [3.05, 3.63) is 95.6 Å².